The van der Waals surface area contributed by atoms with Crippen molar-refractivity contribution in [2.24, 2.45) is 0 Å². The van der Waals surface area contributed by atoms with E-state index in [-0.39, 0.29) is 0 Å². The number of thiophene rings is 1. The molecular weight excluding hydrogens is 336 g/mol. The molecule has 0 amide bonds. The van der Waals surface area contributed by atoms with Crippen molar-refractivity contribution in [1.82, 2.24) is 9.97 Å². The van der Waals surface area contributed by atoms with Gasteiger partial charge in [-0.1, -0.05) is 0 Å². The van der Waals surface area contributed by atoms with Gasteiger partial charge in [-0.15, -0.1) is 0 Å². The first kappa shape index (κ1) is 16.0. The lowest BCUT2D eigenvalue weighted by atomic mass is 10.1. The molecule has 2 N–H and O–H groups in total. The molecule has 4 rings (SSSR count). The van der Waals surface area contributed by atoms with Gasteiger partial charge in [-0.05, 0) is 41.3 Å². The summed E-state index contributed by atoms with van der Waals surface area (Å²) in [6, 6.07) is 6.16. The largest absolute Gasteiger partial charge is 0.493 e. The zero-order valence-electron chi connectivity index (χ0n) is 14.2. The molecule has 2 aromatic heterocycles. The van der Waals surface area contributed by atoms with E-state index in [2.05, 4.69) is 26.7 Å². The average Bonchev–Trinajstić information content (AvgIpc) is 3.31. The first-order chi connectivity index (χ1) is 12.2. The summed E-state index contributed by atoms with van der Waals surface area (Å²) >= 11 is 1.72. The second-order valence-electron chi connectivity index (χ2n) is 6.04. The summed E-state index contributed by atoms with van der Waals surface area (Å²) in [5.41, 5.74) is 8.31. The van der Waals surface area contributed by atoms with Crippen LogP contribution in [-0.2, 0) is 0 Å². The number of methoxy groups -OCH3 is 2. The fourth-order valence-corrected chi connectivity index (χ4v) is 4.12. The Hall–Kier alpha value is -2.54. The van der Waals surface area contributed by atoms with Crippen LogP contribution in [0.15, 0.2) is 29.0 Å². The van der Waals surface area contributed by atoms with Gasteiger partial charge < -0.3 is 20.1 Å². The number of rotatable bonds is 4. The maximum Gasteiger partial charge on any atom is 0.228 e. The van der Waals surface area contributed by atoms with Gasteiger partial charge in [0.1, 0.15) is 5.82 Å². The number of anilines is 2. The van der Waals surface area contributed by atoms with Crippen LogP contribution < -0.4 is 20.1 Å². The first-order valence-corrected chi connectivity index (χ1v) is 9.13. The van der Waals surface area contributed by atoms with Crippen LogP contribution in [0, 0.1) is 0 Å². The van der Waals surface area contributed by atoms with Crippen molar-refractivity contribution in [3.8, 4) is 11.5 Å². The molecule has 0 spiro atoms. The zero-order chi connectivity index (χ0) is 17.4. The smallest absolute Gasteiger partial charge is 0.228 e. The second-order valence-corrected chi connectivity index (χ2v) is 6.82. The monoisotopic (exact) mass is 356 g/mol. The molecule has 1 atom stereocenters. The van der Waals surface area contributed by atoms with E-state index < -0.39 is 0 Å². The maximum atomic E-state index is 6.23. The summed E-state index contributed by atoms with van der Waals surface area (Å²) in [4.78, 5) is 11.6. The molecule has 0 aliphatic carbocycles. The first-order valence-electron chi connectivity index (χ1n) is 8.19. The topological polar surface area (TPSA) is 73.5 Å². The molecular formula is C18H20N4O2S. The van der Waals surface area contributed by atoms with Crippen molar-refractivity contribution in [1.29, 1.82) is 0 Å². The summed E-state index contributed by atoms with van der Waals surface area (Å²) in [5.74, 6) is 2.38. The summed E-state index contributed by atoms with van der Waals surface area (Å²) in [6.45, 7) is 0.929. The van der Waals surface area contributed by atoms with Crippen molar-refractivity contribution >= 4 is 34.0 Å². The highest BCUT2D eigenvalue weighted by Gasteiger charge is 2.29. The van der Waals surface area contributed by atoms with E-state index in [1.165, 1.54) is 5.56 Å². The van der Waals surface area contributed by atoms with Gasteiger partial charge in [0.25, 0.3) is 0 Å². The maximum absolute atomic E-state index is 6.23. The Morgan fingerprint density at radius 2 is 2.00 bits per heavy atom. The van der Waals surface area contributed by atoms with Crippen molar-refractivity contribution in [2.45, 2.75) is 18.9 Å². The number of nitrogens with two attached hydrogens (primary N) is 1. The van der Waals surface area contributed by atoms with Gasteiger partial charge >= 0.3 is 0 Å². The third-order valence-electron chi connectivity index (χ3n) is 4.66. The lowest BCUT2D eigenvalue weighted by molar-refractivity contribution is 0.356. The summed E-state index contributed by atoms with van der Waals surface area (Å²) < 4.78 is 10.7. The van der Waals surface area contributed by atoms with E-state index in [1.807, 2.05) is 12.1 Å². The molecule has 3 aromatic rings. The fraction of sp³-hybridized carbons (Fsp3) is 0.333. The Kier molecular flexibility index (Phi) is 4.09. The molecule has 7 heteroatoms. The fourth-order valence-electron chi connectivity index (χ4n) is 3.41. The van der Waals surface area contributed by atoms with Gasteiger partial charge in [-0.3, -0.25) is 0 Å². The number of aromatic nitrogens is 2. The van der Waals surface area contributed by atoms with E-state index in [9.17, 15) is 0 Å². The third kappa shape index (κ3) is 2.74. The highest BCUT2D eigenvalue weighted by Crippen LogP contribution is 2.38. The highest BCUT2D eigenvalue weighted by atomic mass is 32.1. The minimum Gasteiger partial charge on any atom is -0.493 e. The van der Waals surface area contributed by atoms with E-state index in [0.29, 0.717) is 29.3 Å². The number of ether oxygens (including phenoxy) is 2. The number of fused-ring (bicyclic) bond motifs is 1. The number of nitrogens with zero attached hydrogens (tertiary/aromatic N) is 3. The zero-order valence-corrected chi connectivity index (χ0v) is 15.0. The quantitative estimate of drug-likeness (QED) is 0.769. The van der Waals surface area contributed by atoms with Crippen LogP contribution in [0.25, 0.3) is 10.9 Å². The summed E-state index contributed by atoms with van der Waals surface area (Å²) in [5, 5.41) is 5.08. The van der Waals surface area contributed by atoms with E-state index in [0.717, 1.165) is 30.3 Å². The molecule has 0 bridgehead atoms. The molecule has 25 heavy (non-hydrogen) atoms. The molecule has 1 aliphatic heterocycles. The van der Waals surface area contributed by atoms with Gasteiger partial charge in [0, 0.05) is 18.0 Å². The highest BCUT2D eigenvalue weighted by molar-refractivity contribution is 7.08. The Balaban J connectivity index is 1.80. The Labute approximate surface area is 150 Å². The van der Waals surface area contributed by atoms with Gasteiger partial charge in [0.05, 0.1) is 25.8 Å². The van der Waals surface area contributed by atoms with Crippen LogP contribution in [0.4, 0.5) is 11.8 Å². The lowest BCUT2D eigenvalue weighted by Crippen LogP contribution is -2.24. The summed E-state index contributed by atoms with van der Waals surface area (Å²) in [7, 11) is 3.22. The van der Waals surface area contributed by atoms with E-state index in [4.69, 9.17) is 20.2 Å². The number of benzene rings is 1. The molecule has 0 saturated carbocycles. The molecule has 1 aromatic carbocycles. The molecule has 6 nitrogen and oxygen atoms in total. The minimum atomic E-state index is 0.309. The normalized spacial score (nSPS) is 17.2. The predicted octanol–water partition coefficient (Wildman–Crippen LogP) is 3.63. The number of hydrogen-bond acceptors (Lipinski definition) is 7. The van der Waals surface area contributed by atoms with Gasteiger partial charge in [0.15, 0.2) is 11.5 Å². The minimum absolute atomic E-state index is 0.309. The van der Waals surface area contributed by atoms with Crippen molar-refractivity contribution < 1.29 is 9.47 Å². The lowest BCUT2D eigenvalue weighted by Gasteiger charge is -2.24. The van der Waals surface area contributed by atoms with Crippen LogP contribution in [0.1, 0.15) is 24.4 Å². The van der Waals surface area contributed by atoms with Crippen molar-refractivity contribution in [2.75, 3.05) is 31.4 Å². The van der Waals surface area contributed by atoms with Gasteiger partial charge in [-0.25, -0.2) is 4.98 Å². The second kappa shape index (κ2) is 6.40. The van der Waals surface area contributed by atoms with Crippen LogP contribution in [0.3, 0.4) is 0 Å². The van der Waals surface area contributed by atoms with Crippen molar-refractivity contribution in [3.63, 3.8) is 0 Å². The van der Waals surface area contributed by atoms with Gasteiger partial charge in [-0.2, -0.15) is 16.3 Å². The number of nitrogen functional groups attached to an aromatic ring is 1. The number of hydrogen-bond donors (Lipinski definition) is 1. The molecule has 130 valence electrons. The summed E-state index contributed by atoms with van der Waals surface area (Å²) in [6.07, 6.45) is 2.22. The predicted molar refractivity (Wildman–Crippen MR) is 101 cm³/mol. The molecule has 3 heterocycles. The molecule has 0 radical (unpaired) electrons. The molecule has 1 aliphatic rings. The Morgan fingerprint density at radius 3 is 2.72 bits per heavy atom. The third-order valence-corrected chi connectivity index (χ3v) is 5.36. The van der Waals surface area contributed by atoms with Crippen LogP contribution >= 0.6 is 11.3 Å². The van der Waals surface area contributed by atoms with Crippen LogP contribution in [-0.4, -0.2) is 30.7 Å². The average molecular weight is 356 g/mol. The SMILES string of the molecule is COc1cc2nc(N3CCCC3c3ccsc3)nc(N)c2cc1OC. The molecule has 1 fully saturated rings. The standard InChI is InChI=1S/C18H20N4O2S/c1-23-15-8-12-13(9-16(15)24-2)20-18(21-17(12)19)22-6-3-4-14(22)11-5-7-25-10-11/h5,7-10,14H,3-4,6H2,1-2H3,(H2,19,20,21). The van der Waals surface area contributed by atoms with Gasteiger partial charge in [0.2, 0.25) is 5.95 Å². The van der Waals surface area contributed by atoms with Crippen LogP contribution in [0.2, 0.25) is 0 Å². The van der Waals surface area contributed by atoms with Crippen LogP contribution in [0.5, 0.6) is 11.5 Å². The molecule has 1 unspecified atom stereocenters. The van der Waals surface area contributed by atoms with Crippen molar-refractivity contribution in [3.05, 3.63) is 34.5 Å². The Bertz CT molecular complexity index is 898. The molecule has 1 saturated heterocycles. The van der Waals surface area contributed by atoms with E-state index >= 15 is 0 Å². The Morgan fingerprint density at radius 1 is 1.20 bits per heavy atom. The van der Waals surface area contributed by atoms with E-state index in [1.54, 1.807) is 25.6 Å².